The van der Waals surface area contributed by atoms with Crippen LogP contribution in [0.4, 0.5) is 0 Å². The lowest BCUT2D eigenvalue weighted by atomic mass is 9.48. The molecule has 6 atom stereocenters. The van der Waals surface area contributed by atoms with Gasteiger partial charge >= 0.3 is 0 Å². The van der Waals surface area contributed by atoms with Gasteiger partial charge in [-0.25, -0.2) is 0 Å². The molecule has 0 aromatic rings. The molecule has 4 aliphatic rings. The van der Waals surface area contributed by atoms with Crippen LogP contribution in [0, 0.1) is 23.7 Å². The van der Waals surface area contributed by atoms with Gasteiger partial charge in [0.1, 0.15) is 0 Å². The molecule has 2 nitrogen and oxygen atoms in total. The molecule has 6 unspecified atom stereocenters. The lowest BCUT2D eigenvalue weighted by molar-refractivity contribution is -0.192. The summed E-state index contributed by atoms with van der Waals surface area (Å²) < 4.78 is 0. The largest absolute Gasteiger partial charge is 0.393 e. The highest BCUT2D eigenvalue weighted by Gasteiger charge is 2.61. The Hall–Kier alpha value is -0.0800. The highest BCUT2D eigenvalue weighted by Crippen LogP contribution is 2.60. The van der Waals surface area contributed by atoms with Crippen molar-refractivity contribution < 1.29 is 5.11 Å². The third kappa shape index (κ3) is 1.31. The molecule has 2 bridgehead atoms. The molecule has 2 saturated carbocycles. The molecule has 1 N–H and O–H groups in total. The Morgan fingerprint density at radius 3 is 2.67 bits per heavy atom. The number of aliphatic hydroxyl groups is 1. The predicted octanol–water partition coefficient (Wildman–Crippen LogP) is 2.66. The molecule has 0 aromatic heterocycles. The summed E-state index contributed by atoms with van der Waals surface area (Å²) in [6.07, 6.45) is 9.60. The standard InChI is InChI=1S/C16H27NO/c1-11-10-16-12-4-2-8-17(16)9-3-5-14(16)13(7-6-12)15(11)18/h11-15,18H,2-10H2,1H3. The Morgan fingerprint density at radius 1 is 1.06 bits per heavy atom. The van der Waals surface area contributed by atoms with Crippen molar-refractivity contribution in [3.63, 3.8) is 0 Å². The van der Waals surface area contributed by atoms with E-state index in [0.29, 0.717) is 17.4 Å². The fraction of sp³-hybridized carbons (Fsp3) is 1.00. The zero-order valence-corrected chi connectivity index (χ0v) is 11.6. The normalized spacial score (nSPS) is 56.0. The molecule has 18 heavy (non-hydrogen) atoms. The summed E-state index contributed by atoms with van der Waals surface area (Å²) >= 11 is 0. The van der Waals surface area contributed by atoms with Crippen LogP contribution in [0.15, 0.2) is 0 Å². The molecule has 2 heteroatoms. The Labute approximate surface area is 111 Å². The van der Waals surface area contributed by atoms with Crippen molar-refractivity contribution in [2.24, 2.45) is 23.7 Å². The Balaban J connectivity index is 1.78. The van der Waals surface area contributed by atoms with Gasteiger partial charge in [-0.05, 0) is 81.7 Å². The SMILES string of the molecule is CC1CC23C4CCCN2CCCC3C(CC4)C1O. The summed E-state index contributed by atoms with van der Waals surface area (Å²) in [5.74, 6) is 2.90. The lowest BCUT2D eigenvalue weighted by Crippen LogP contribution is -2.71. The zero-order chi connectivity index (χ0) is 12.3. The van der Waals surface area contributed by atoms with Crippen molar-refractivity contribution in [2.75, 3.05) is 13.1 Å². The molecule has 2 saturated heterocycles. The van der Waals surface area contributed by atoms with Gasteiger partial charge in [0.25, 0.3) is 0 Å². The van der Waals surface area contributed by atoms with Crippen LogP contribution in [0.1, 0.15) is 51.9 Å². The maximum Gasteiger partial charge on any atom is 0.0597 e. The third-order valence-electron chi connectivity index (χ3n) is 6.90. The van der Waals surface area contributed by atoms with Crippen LogP contribution >= 0.6 is 0 Å². The number of rotatable bonds is 0. The van der Waals surface area contributed by atoms with Crippen molar-refractivity contribution in [3.05, 3.63) is 0 Å². The second-order valence-corrected chi connectivity index (χ2v) is 7.48. The Morgan fingerprint density at radius 2 is 1.83 bits per heavy atom. The Kier molecular flexibility index (Phi) is 2.58. The highest BCUT2D eigenvalue weighted by atomic mass is 16.3. The maximum absolute atomic E-state index is 10.6. The minimum atomic E-state index is -0.0107. The molecule has 2 heterocycles. The van der Waals surface area contributed by atoms with E-state index in [1.165, 1.54) is 58.0 Å². The van der Waals surface area contributed by atoms with E-state index in [2.05, 4.69) is 11.8 Å². The zero-order valence-electron chi connectivity index (χ0n) is 11.6. The smallest absolute Gasteiger partial charge is 0.0597 e. The fourth-order valence-electron chi connectivity index (χ4n) is 6.34. The summed E-state index contributed by atoms with van der Waals surface area (Å²) in [7, 11) is 0. The van der Waals surface area contributed by atoms with Crippen LogP contribution in [-0.4, -0.2) is 34.7 Å². The molecular formula is C16H27NO. The molecule has 2 aliphatic heterocycles. The van der Waals surface area contributed by atoms with Crippen molar-refractivity contribution >= 4 is 0 Å². The van der Waals surface area contributed by atoms with Gasteiger partial charge in [0.05, 0.1) is 6.10 Å². The first-order valence-corrected chi connectivity index (χ1v) is 8.16. The predicted molar refractivity (Wildman–Crippen MR) is 72.3 cm³/mol. The van der Waals surface area contributed by atoms with E-state index in [-0.39, 0.29) is 6.10 Å². The second-order valence-electron chi connectivity index (χ2n) is 7.48. The first kappa shape index (κ1) is 11.7. The molecule has 0 amide bonds. The van der Waals surface area contributed by atoms with Crippen LogP contribution in [-0.2, 0) is 0 Å². The van der Waals surface area contributed by atoms with Gasteiger partial charge < -0.3 is 5.11 Å². The summed E-state index contributed by atoms with van der Waals surface area (Å²) in [6.45, 7) is 4.97. The van der Waals surface area contributed by atoms with Crippen molar-refractivity contribution in [2.45, 2.75) is 63.5 Å². The average Bonchev–Trinajstić information content (AvgIpc) is 2.37. The van der Waals surface area contributed by atoms with Crippen molar-refractivity contribution in [1.29, 1.82) is 0 Å². The summed E-state index contributed by atoms with van der Waals surface area (Å²) in [5, 5.41) is 10.6. The number of hydrogen-bond acceptors (Lipinski definition) is 2. The van der Waals surface area contributed by atoms with Crippen LogP contribution in [0.3, 0.4) is 0 Å². The molecule has 0 aromatic carbocycles. The average molecular weight is 249 g/mol. The van der Waals surface area contributed by atoms with Gasteiger partial charge in [0, 0.05) is 5.54 Å². The summed E-state index contributed by atoms with van der Waals surface area (Å²) in [5.41, 5.74) is 0.512. The van der Waals surface area contributed by atoms with Gasteiger partial charge in [-0.15, -0.1) is 0 Å². The van der Waals surface area contributed by atoms with Crippen LogP contribution < -0.4 is 0 Å². The highest BCUT2D eigenvalue weighted by molar-refractivity contribution is 5.14. The van der Waals surface area contributed by atoms with E-state index in [4.69, 9.17) is 0 Å². The van der Waals surface area contributed by atoms with Crippen molar-refractivity contribution in [3.8, 4) is 0 Å². The number of nitrogens with zero attached hydrogens (tertiary/aromatic N) is 1. The Bertz CT molecular complexity index is 331. The van der Waals surface area contributed by atoms with Crippen LogP contribution in [0.2, 0.25) is 0 Å². The van der Waals surface area contributed by atoms with E-state index in [1.54, 1.807) is 0 Å². The first-order valence-electron chi connectivity index (χ1n) is 8.16. The van der Waals surface area contributed by atoms with E-state index in [0.717, 1.165) is 11.8 Å². The van der Waals surface area contributed by atoms with Gasteiger partial charge in [-0.3, -0.25) is 4.90 Å². The number of hydrogen-bond donors (Lipinski definition) is 1. The summed E-state index contributed by atoms with van der Waals surface area (Å²) in [4.78, 5) is 2.86. The summed E-state index contributed by atoms with van der Waals surface area (Å²) in [6, 6.07) is 0. The molecular weight excluding hydrogens is 222 g/mol. The minimum Gasteiger partial charge on any atom is -0.393 e. The molecule has 2 aliphatic carbocycles. The first-order chi connectivity index (χ1) is 8.73. The number of aliphatic hydroxyl groups excluding tert-OH is 1. The maximum atomic E-state index is 10.6. The molecule has 0 radical (unpaired) electrons. The topological polar surface area (TPSA) is 23.5 Å². The quantitative estimate of drug-likeness (QED) is 0.713. The van der Waals surface area contributed by atoms with Crippen molar-refractivity contribution in [1.82, 2.24) is 4.90 Å². The lowest BCUT2D eigenvalue weighted by Gasteiger charge is -2.67. The minimum absolute atomic E-state index is 0.0107. The molecule has 4 rings (SSSR count). The third-order valence-corrected chi connectivity index (χ3v) is 6.90. The van der Waals surface area contributed by atoms with Crippen LogP contribution in [0.25, 0.3) is 0 Å². The fourth-order valence-corrected chi connectivity index (χ4v) is 6.34. The molecule has 1 spiro atoms. The van der Waals surface area contributed by atoms with Gasteiger partial charge in [-0.2, -0.15) is 0 Å². The van der Waals surface area contributed by atoms with Gasteiger partial charge in [-0.1, -0.05) is 6.92 Å². The van der Waals surface area contributed by atoms with E-state index >= 15 is 0 Å². The van der Waals surface area contributed by atoms with E-state index in [1.807, 2.05) is 0 Å². The molecule has 4 fully saturated rings. The van der Waals surface area contributed by atoms with E-state index < -0.39 is 0 Å². The monoisotopic (exact) mass is 249 g/mol. The van der Waals surface area contributed by atoms with Crippen LogP contribution in [0.5, 0.6) is 0 Å². The second kappa shape index (κ2) is 3.96. The molecule has 102 valence electrons. The van der Waals surface area contributed by atoms with Gasteiger partial charge in [0.2, 0.25) is 0 Å². The van der Waals surface area contributed by atoms with Gasteiger partial charge in [0.15, 0.2) is 0 Å². The number of piperidine rings is 2. The van der Waals surface area contributed by atoms with E-state index in [9.17, 15) is 5.11 Å².